The number of nitrogens with zero attached hydrogens (tertiary/aromatic N) is 20. The molecule has 33 heteroatoms. The lowest BCUT2D eigenvalue weighted by Crippen LogP contribution is -2.09. The van der Waals surface area contributed by atoms with Crippen molar-refractivity contribution >= 4 is 106 Å². The van der Waals surface area contributed by atoms with Crippen LogP contribution in [0.5, 0.6) is 0 Å². The van der Waals surface area contributed by atoms with Gasteiger partial charge in [-0.3, -0.25) is 4.40 Å². The minimum Gasteiger partial charge on any atom is -0.356 e. The summed E-state index contributed by atoms with van der Waals surface area (Å²) < 4.78 is 13.5. The van der Waals surface area contributed by atoms with E-state index >= 15 is 0 Å². The number of hydrogen-bond donors (Lipinski definition) is 4. The Kier molecular flexibility index (Phi) is 29.7. The van der Waals surface area contributed by atoms with Crippen LogP contribution in [-0.2, 0) is 9.47 Å². The molecule has 0 aliphatic rings. The molecular formula is C20H28Br3ClN24O2S3. The standard InChI is InChI=1S/C6H5BrN4S.C5H4BrClN2S.C5H7BrN4S.C4H10O2.H2N14/c1-12-6-8-2-4(7)5-10-9-3-11(5)6;1-10-5-8-2-3(6)4(7)9-5;1-11-5-8-2-3(6)4(9-5)10-7;1-4(5-2)6-3;1-3-5-7-9-11-13-14-12-10-8-6-4-2/h2-3H,1H3;2H,1H3;2H,7H2,1H3,(H,8,9,10);4H,1-3H3;1-2H/b;;;;3-1?,4-2?,7-5+,8-6+,11-9+,12-10+,14-13+. The number of nitrogens with one attached hydrogen (secondary N) is 3. The van der Waals surface area contributed by atoms with Crippen LogP contribution in [0.4, 0.5) is 5.82 Å². The summed E-state index contributed by atoms with van der Waals surface area (Å²) in [6, 6.07) is 0. The Balaban J connectivity index is 0.000000651. The highest BCUT2D eigenvalue weighted by Crippen LogP contribution is 2.22. The van der Waals surface area contributed by atoms with Crippen molar-refractivity contribution in [2.24, 2.45) is 68.5 Å². The molecule has 4 aromatic heterocycles. The predicted molar refractivity (Wildman–Crippen MR) is 204 cm³/mol. The van der Waals surface area contributed by atoms with Crippen molar-refractivity contribution in [1.29, 1.82) is 11.1 Å². The fourth-order valence-corrected chi connectivity index (χ4v) is 4.40. The number of halogens is 4. The normalized spacial score (nSPS) is 10.9. The van der Waals surface area contributed by atoms with Crippen LogP contribution >= 0.6 is 94.7 Å². The highest BCUT2D eigenvalue weighted by Gasteiger charge is 2.05. The molecule has 0 unspecified atom stereocenters. The maximum Gasteiger partial charge on any atom is 0.189 e. The van der Waals surface area contributed by atoms with Crippen molar-refractivity contribution in [3.8, 4) is 0 Å². The molecule has 5 N–H and O–H groups in total. The SMILES string of the molecule is COC(C)OC.CSc1ncc(Br)c(Cl)n1.CSc1ncc(Br)c(NN)n1.CSc1ncc(Br)c2nncn12.N=N/N=N/N=N/N=N/N=N/N=N/N=N. The first kappa shape index (κ1) is 49.4. The van der Waals surface area contributed by atoms with Crippen molar-refractivity contribution < 1.29 is 9.47 Å². The van der Waals surface area contributed by atoms with Crippen molar-refractivity contribution in [2.45, 2.75) is 28.7 Å². The van der Waals surface area contributed by atoms with Crippen LogP contribution in [0.15, 0.2) is 116 Å². The zero-order valence-corrected chi connectivity index (χ0v) is 35.9. The van der Waals surface area contributed by atoms with Gasteiger partial charge in [0.1, 0.15) is 11.5 Å². The number of hydrazine groups is 1. The van der Waals surface area contributed by atoms with E-state index in [4.69, 9.17) is 28.5 Å². The van der Waals surface area contributed by atoms with Crippen LogP contribution in [0.1, 0.15) is 6.92 Å². The summed E-state index contributed by atoms with van der Waals surface area (Å²) in [5, 5.41) is 44.2. The van der Waals surface area contributed by atoms with E-state index in [1.807, 2.05) is 30.1 Å². The monoisotopic (exact) mass is 1000 g/mol. The lowest BCUT2D eigenvalue weighted by molar-refractivity contribution is -0.0877. The van der Waals surface area contributed by atoms with Crippen LogP contribution < -0.4 is 11.3 Å². The molecule has 0 aliphatic heterocycles. The minimum absolute atomic E-state index is 0.0648. The van der Waals surface area contributed by atoms with Crippen LogP contribution in [-0.4, -0.2) is 78.8 Å². The molecule has 4 rings (SSSR count). The summed E-state index contributed by atoms with van der Waals surface area (Å²) in [7, 11) is 3.21. The summed E-state index contributed by atoms with van der Waals surface area (Å²) in [5.41, 5.74) is 15.5. The Hall–Kier alpha value is -3.63. The van der Waals surface area contributed by atoms with Crippen molar-refractivity contribution in [3.05, 3.63) is 43.5 Å². The molecule has 0 saturated carbocycles. The molecule has 26 nitrogen and oxygen atoms in total. The topological polar surface area (TPSA) is 347 Å². The summed E-state index contributed by atoms with van der Waals surface area (Å²) in [4.78, 5) is 20.2. The van der Waals surface area contributed by atoms with E-state index in [1.54, 1.807) is 50.9 Å². The van der Waals surface area contributed by atoms with Gasteiger partial charge < -0.3 is 14.9 Å². The third-order valence-corrected chi connectivity index (χ3v) is 8.48. The molecular weight excluding hydrogens is 980 g/mol. The van der Waals surface area contributed by atoms with Gasteiger partial charge in [-0.05, 0) is 136 Å². The van der Waals surface area contributed by atoms with E-state index in [2.05, 4.69) is 160 Å². The van der Waals surface area contributed by atoms with Gasteiger partial charge in [0.25, 0.3) is 0 Å². The summed E-state index contributed by atoms with van der Waals surface area (Å²) in [6.45, 7) is 1.83. The molecule has 0 spiro atoms. The van der Waals surface area contributed by atoms with Gasteiger partial charge in [-0.1, -0.05) is 46.9 Å². The van der Waals surface area contributed by atoms with Gasteiger partial charge in [0.2, 0.25) is 0 Å². The molecule has 0 saturated heterocycles. The highest BCUT2D eigenvalue weighted by atomic mass is 79.9. The number of methoxy groups -OCH3 is 2. The molecule has 286 valence electrons. The third-order valence-electron chi connectivity index (χ3n) is 4.45. The number of aromatic nitrogens is 8. The lowest BCUT2D eigenvalue weighted by Gasteiger charge is -2.03. The van der Waals surface area contributed by atoms with E-state index < -0.39 is 0 Å². The van der Waals surface area contributed by atoms with Gasteiger partial charge >= 0.3 is 0 Å². The van der Waals surface area contributed by atoms with Gasteiger partial charge in [0.15, 0.2) is 33.2 Å². The van der Waals surface area contributed by atoms with E-state index in [0.29, 0.717) is 21.3 Å². The second-order valence-corrected chi connectivity index (χ2v) is 12.7. The number of nitrogens with two attached hydrogens (primary N) is 1. The van der Waals surface area contributed by atoms with Crippen LogP contribution in [0.2, 0.25) is 5.15 Å². The molecule has 4 heterocycles. The molecule has 0 atom stereocenters. The molecule has 0 radical (unpaired) electrons. The molecule has 53 heavy (non-hydrogen) atoms. The van der Waals surface area contributed by atoms with Gasteiger partial charge in [-0.25, -0.2) is 30.8 Å². The fourth-order valence-electron chi connectivity index (χ4n) is 2.18. The molecule has 0 aliphatic carbocycles. The average molecular weight is 1010 g/mol. The lowest BCUT2D eigenvalue weighted by atomic mass is 10.6. The maximum absolute atomic E-state index is 6.14. The molecule has 0 amide bonds. The number of ether oxygens (including phenoxy) is 2. The van der Waals surface area contributed by atoms with Gasteiger partial charge in [0, 0.05) is 32.8 Å². The quantitative estimate of drug-likeness (QED) is 0.0196. The van der Waals surface area contributed by atoms with Gasteiger partial charge in [-0.15, -0.1) is 10.2 Å². The number of anilines is 1. The first-order chi connectivity index (χ1) is 25.6. The van der Waals surface area contributed by atoms with E-state index in [9.17, 15) is 0 Å². The van der Waals surface area contributed by atoms with Crippen LogP contribution in [0.25, 0.3) is 5.65 Å². The number of hydrogen-bond acceptors (Lipinski definition) is 16. The number of thioether (sulfide) groups is 3. The number of fused-ring (bicyclic) bond motifs is 1. The molecule has 0 aromatic carbocycles. The van der Waals surface area contributed by atoms with Crippen LogP contribution in [0.3, 0.4) is 0 Å². The second kappa shape index (κ2) is 31.9. The highest BCUT2D eigenvalue weighted by molar-refractivity contribution is 9.11. The first-order valence-corrected chi connectivity index (χ1v) is 19.4. The Bertz CT molecular complexity index is 1770. The number of rotatable bonds is 12. The Morgan fingerprint density at radius 2 is 1.23 bits per heavy atom. The number of nitrogen functional groups attached to an aromatic ring is 1. The van der Waals surface area contributed by atoms with Gasteiger partial charge in [-0.2, -0.15) is 11.1 Å². The zero-order chi connectivity index (χ0) is 39.9. The largest absolute Gasteiger partial charge is 0.356 e. The van der Waals surface area contributed by atoms with E-state index in [0.717, 1.165) is 24.2 Å². The molecule has 4 aromatic rings. The predicted octanol–water partition coefficient (Wildman–Crippen LogP) is 8.89. The smallest absolute Gasteiger partial charge is 0.189 e. The average Bonchev–Trinajstić information content (AvgIpc) is 3.69. The van der Waals surface area contributed by atoms with Crippen molar-refractivity contribution in [1.82, 2.24) is 39.5 Å². The zero-order valence-electron chi connectivity index (χ0n) is 28.0. The Morgan fingerprint density at radius 1 is 0.755 bits per heavy atom. The van der Waals surface area contributed by atoms with Crippen molar-refractivity contribution in [2.75, 3.05) is 38.4 Å². The van der Waals surface area contributed by atoms with E-state index in [1.165, 1.54) is 23.5 Å². The maximum atomic E-state index is 6.14. The second-order valence-electron chi connectivity index (χ2n) is 7.44. The minimum atomic E-state index is -0.0648. The molecule has 0 bridgehead atoms. The van der Waals surface area contributed by atoms with E-state index in [-0.39, 0.29) is 6.29 Å². The molecule has 0 fully saturated rings. The Morgan fingerprint density at radius 3 is 1.64 bits per heavy atom. The fraction of sp³-hybridized carbons (Fsp3) is 0.350. The first-order valence-electron chi connectivity index (χ1n) is 13.0. The Labute approximate surface area is 343 Å². The summed E-state index contributed by atoms with van der Waals surface area (Å²) in [5.74, 6) is 5.80. The van der Waals surface area contributed by atoms with Gasteiger partial charge in [0.05, 0.1) is 13.4 Å². The third kappa shape index (κ3) is 22.2. The summed E-state index contributed by atoms with van der Waals surface area (Å²) >= 11 is 20.0. The van der Waals surface area contributed by atoms with Crippen molar-refractivity contribution in [3.63, 3.8) is 0 Å². The van der Waals surface area contributed by atoms with Crippen LogP contribution in [0, 0.1) is 11.1 Å². The summed E-state index contributed by atoms with van der Waals surface area (Å²) in [6.07, 6.45) is 12.4.